The third-order valence-corrected chi connectivity index (χ3v) is 5.28. The van der Waals surface area contributed by atoms with Crippen molar-refractivity contribution in [1.82, 2.24) is 0 Å². The lowest BCUT2D eigenvalue weighted by Crippen LogP contribution is -2.30. The number of carbonyl (C=O) groups excluding carboxylic acids is 1. The molecule has 4 nitrogen and oxygen atoms in total. The van der Waals surface area contributed by atoms with Gasteiger partial charge in [-0.05, 0) is 60.9 Å². The first kappa shape index (κ1) is 23.4. The topological polar surface area (TPSA) is 47.6 Å². The molecule has 1 unspecified atom stereocenters. The van der Waals surface area contributed by atoms with Crippen LogP contribution in [-0.4, -0.2) is 18.6 Å². The Kier molecular flexibility index (Phi) is 9.18. The second-order valence-corrected chi connectivity index (χ2v) is 7.93. The minimum Gasteiger partial charge on any atom is -0.494 e. The zero-order valence-electron chi connectivity index (χ0n) is 19.1. The molecule has 1 atom stereocenters. The molecule has 1 amide bonds. The van der Waals surface area contributed by atoms with Crippen molar-refractivity contribution in [1.29, 1.82) is 0 Å². The molecule has 0 aliphatic carbocycles. The summed E-state index contributed by atoms with van der Waals surface area (Å²) in [5.41, 5.74) is 2.98. The van der Waals surface area contributed by atoms with Crippen molar-refractivity contribution in [3.05, 3.63) is 78.9 Å². The highest BCUT2D eigenvalue weighted by Crippen LogP contribution is 2.23. The van der Waals surface area contributed by atoms with Crippen LogP contribution in [0.15, 0.2) is 78.9 Å². The maximum Gasteiger partial charge on any atom is 0.265 e. The summed E-state index contributed by atoms with van der Waals surface area (Å²) in [6, 6.07) is 25.4. The Morgan fingerprint density at radius 2 is 1.41 bits per heavy atom. The van der Waals surface area contributed by atoms with Crippen LogP contribution in [0.4, 0.5) is 5.69 Å². The number of carbonyl (C=O) groups is 1. The van der Waals surface area contributed by atoms with E-state index < -0.39 is 6.10 Å². The van der Waals surface area contributed by atoms with E-state index in [4.69, 9.17) is 9.47 Å². The predicted octanol–water partition coefficient (Wildman–Crippen LogP) is 7.11. The van der Waals surface area contributed by atoms with Gasteiger partial charge in [-0.25, -0.2) is 0 Å². The molecule has 0 radical (unpaired) electrons. The van der Waals surface area contributed by atoms with Gasteiger partial charge in [-0.2, -0.15) is 0 Å². The van der Waals surface area contributed by atoms with Gasteiger partial charge in [0, 0.05) is 5.69 Å². The van der Waals surface area contributed by atoms with Crippen LogP contribution in [0.5, 0.6) is 11.5 Å². The minimum atomic E-state index is -0.614. The molecule has 0 saturated heterocycles. The van der Waals surface area contributed by atoms with E-state index in [-0.39, 0.29) is 5.91 Å². The molecule has 168 valence electrons. The molecule has 3 aromatic rings. The lowest BCUT2D eigenvalue weighted by Gasteiger charge is -2.15. The maximum atomic E-state index is 12.5. The number of anilines is 1. The van der Waals surface area contributed by atoms with Crippen LogP contribution in [0.1, 0.15) is 46.0 Å². The molecule has 3 rings (SSSR count). The van der Waals surface area contributed by atoms with E-state index >= 15 is 0 Å². The molecule has 0 aliphatic heterocycles. The number of nitrogens with one attached hydrogen (secondary N) is 1. The van der Waals surface area contributed by atoms with Crippen LogP contribution in [0.25, 0.3) is 11.1 Å². The van der Waals surface area contributed by atoms with Crippen LogP contribution >= 0.6 is 0 Å². The monoisotopic (exact) mass is 431 g/mol. The van der Waals surface area contributed by atoms with Crippen molar-refractivity contribution in [2.24, 2.45) is 0 Å². The van der Waals surface area contributed by atoms with Gasteiger partial charge in [0.2, 0.25) is 0 Å². The van der Waals surface area contributed by atoms with Crippen molar-refractivity contribution >= 4 is 11.6 Å². The minimum absolute atomic E-state index is 0.193. The molecule has 0 spiro atoms. The summed E-state index contributed by atoms with van der Waals surface area (Å²) in [6.45, 7) is 4.69. The summed E-state index contributed by atoms with van der Waals surface area (Å²) in [6.07, 6.45) is 5.46. The summed E-state index contributed by atoms with van der Waals surface area (Å²) >= 11 is 0. The van der Waals surface area contributed by atoms with E-state index in [1.54, 1.807) is 6.92 Å². The molecule has 1 N–H and O–H groups in total. The van der Waals surface area contributed by atoms with Gasteiger partial charge >= 0.3 is 0 Å². The van der Waals surface area contributed by atoms with Crippen molar-refractivity contribution in [3.8, 4) is 22.6 Å². The Hall–Kier alpha value is -3.27. The molecular formula is C28H33NO3. The van der Waals surface area contributed by atoms with Crippen molar-refractivity contribution in [3.63, 3.8) is 0 Å². The Bertz CT molecular complexity index is 937. The molecule has 0 heterocycles. The highest BCUT2D eigenvalue weighted by Gasteiger charge is 2.15. The van der Waals surface area contributed by atoms with Crippen LogP contribution in [0.2, 0.25) is 0 Å². The smallest absolute Gasteiger partial charge is 0.265 e. The van der Waals surface area contributed by atoms with Crippen LogP contribution in [-0.2, 0) is 4.79 Å². The van der Waals surface area contributed by atoms with Crippen molar-refractivity contribution in [2.45, 2.75) is 52.1 Å². The lowest BCUT2D eigenvalue weighted by atomic mass is 10.1. The SMILES string of the molecule is CCCCCCCOc1ccc(NC(=O)C(C)Oc2ccc(-c3ccccc3)cc2)cc1. The molecule has 0 saturated carbocycles. The van der Waals surface area contributed by atoms with Crippen LogP contribution in [0, 0.1) is 0 Å². The van der Waals surface area contributed by atoms with Gasteiger partial charge in [0.05, 0.1) is 6.61 Å². The molecule has 32 heavy (non-hydrogen) atoms. The first-order valence-electron chi connectivity index (χ1n) is 11.5. The van der Waals surface area contributed by atoms with E-state index in [1.807, 2.05) is 66.7 Å². The molecule has 0 fully saturated rings. The average Bonchev–Trinajstić information content (AvgIpc) is 2.83. The quantitative estimate of drug-likeness (QED) is 0.311. The number of rotatable bonds is 12. The number of hydrogen-bond acceptors (Lipinski definition) is 3. The van der Waals surface area contributed by atoms with Crippen molar-refractivity contribution in [2.75, 3.05) is 11.9 Å². The number of unbranched alkanes of at least 4 members (excludes halogenated alkanes) is 4. The zero-order chi connectivity index (χ0) is 22.6. The van der Waals surface area contributed by atoms with E-state index in [9.17, 15) is 4.79 Å². The Labute approximate surface area is 191 Å². The third-order valence-electron chi connectivity index (χ3n) is 5.28. The highest BCUT2D eigenvalue weighted by atomic mass is 16.5. The van der Waals surface area contributed by atoms with Crippen LogP contribution in [0.3, 0.4) is 0 Å². The van der Waals surface area contributed by atoms with Gasteiger partial charge in [-0.15, -0.1) is 0 Å². The molecule has 4 heteroatoms. The Balaban J connectivity index is 1.44. The zero-order valence-corrected chi connectivity index (χ0v) is 19.1. The first-order chi connectivity index (χ1) is 15.7. The van der Waals surface area contributed by atoms with Gasteiger partial charge in [0.1, 0.15) is 11.5 Å². The van der Waals surface area contributed by atoms with E-state index in [2.05, 4.69) is 24.4 Å². The number of ether oxygens (including phenoxy) is 2. The fraction of sp³-hybridized carbons (Fsp3) is 0.321. The second kappa shape index (κ2) is 12.6. The fourth-order valence-electron chi connectivity index (χ4n) is 3.39. The first-order valence-corrected chi connectivity index (χ1v) is 11.5. The molecule has 3 aromatic carbocycles. The van der Waals surface area contributed by atoms with Gasteiger partial charge in [-0.3, -0.25) is 4.79 Å². The standard InChI is InChI=1S/C28H33NO3/c1-3-4-5-6-10-21-31-26-19-15-25(16-20-26)29-28(30)22(2)32-27-17-13-24(14-18-27)23-11-8-7-9-12-23/h7-9,11-20,22H,3-6,10,21H2,1-2H3,(H,29,30). The maximum absolute atomic E-state index is 12.5. The largest absolute Gasteiger partial charge is 0.494 e. The molecule has 0 bridgehead atoms. The Morgan fingerprint density at radius 3 is 2.09 bits per heavy atom. The normalized spacial score (nSPS) is 11.6. The van der Waals surface area contributed by atoms with Gasteiger partial charge < -0.3 is 14.8 Å². The summed E-state index contributed by atoms with van der Waals surface area (Å²) in [7, 11) is 0. The van der Waals surface area contributed by atoms with Gasteiger partial charge in [0.25, 0.3) is 5.91 Å². The second-order valence-electron chi connectivity index (χ2n) is 7.93. The van der Waals surface area contributed by atoms with Gasteiger partial charge in [-0.1, -0.05) is 75.1 Å². The van der Waals surface area contributed by atoms with E-state index in [0.29, 0.717) is 5.75 Å². The fourth-order valence-corrected chi connectivity index (χ4v) is 3.39. The average molecular weight is 432 g/mol. The summed E-state index contributed by atoms with van der Waals surface area (Å²) < 4.78 is 11.6. The Morgan fingerprint density at radius 1 is 0.781 bits per heavy atom. The van der Waals surface area contributed by atoms with Crippen molar-refractivity contribution < 1.29 is 14.3 Å². The van der Waals surface area contributed by atoms with Gasteiger partial charge in [0.15, 0.2) is 6.10 Å². The number of benzene rings is 3. The molecular weight excluding hydrogens is 398 g/mol. The summed E-state index contributed by atoms with van der Waals surface area (Å²) in [5.74, 6) is 1.29. The number of hydrogen-bond donors (Lipinski definition) is 1. The highest BCUT2D eigenvalue weighted by molar-refractivity contribution is 5.94. The third kappa shape index (κ3) is 7.45. The summed E-state index contributed by atoms with van der Waals surface area (Å²) in [5, 5.41) is 2.90. The van der Waals surface area contributed by atoms with Crippen LogP contribution < -0.4 is 14.8 Å². The molecule has 0 aromatic heterocycles. The molecule has 0 aliphatic rings. The number of amides is 1. The lowest BCUT2D eigenvalue weighted by molar-refractivity contribution is -0.122. The predicted molar refractivity (Wildman–Crippen MR) is 131 cm³/mol. The summed E-state index contributed by atoms with van der Waals surface area (Å²) in [4.78, 5) is 12.5. The van der Waals surface area contributed by atoms with E-state index in [0.717, 1.165) is 35.6 Å². The van der Waals surface area contributed by atoms with E-state index in [1.165, 1.54) is 25.7 Å².